The molecule has 0 bridgehead atoms. The van der Waals surface area contributed by atoms with Crippen molar-refractivity contribution in [3.05, 3.63) is 59.2 Å². The summed E-state index contributed by atoms with van der Waals surface area (Å²) in [4.78, 5) is 5.23. The second-order valence-corrected chi connectivity index (χ2v) is 9.26. The van der Waals surface area contributed by atoms with Crippen molar-refractivity contribution >= 4 is 0 Å². The molecule has 0 aliphatic heterocycles. The summed E-state index contributed by atoms with van der Waals surface area (Å²) in [7, 11) is 3.70. The van der Waals surface area contributed by atoms with Gasteiger partial charge < -0.3 is 4.84 Å². The highest BCUT2D eigenvalue weighted by atomic mass is 16.7. The summed E-state index contributed by atoms with van der Waals surface area (Å²) in [5.74, 6) is 1.75. The first-order chi connectivity index (χ1) is 14.6. The number of hydrogen-bond acceptors (Lipinski definition) is 2. The Morgan fingerprint density at radius 2 is 1.63 bits per heavy atom. The molecule has 0 heterocycles. The van der Waals surface area contributed by atoms with E-state index in [-0.39, 0.29) is 0 Å². The lowest BCUT2D eigenvalue weighted by Crippen LogP contribution is -2.19. The highest BCUT2D eigenvalue weighted by Crippen LogP contribution is 2.38. The average molecular weight is 408 g/mol. The first-order valence-corrected chi connectivity index (χ1v) is 12.1. The van der Waals surface area contributed by atoms with Gasteiger partial charge in [0.2, 0.25) is 0 Å². The van der Waals surface area contributed by atoms with E-state index >= 15 is 0 Å². The largest absolute Gasteiger partial charge is 0.303 e. The van der Waals surface area contributed by atoms with Crippen LogP contribution >= 0.6 is 0 Å². The van der Waals surface area contributed by atoms with Crippen LogP contribution in [0.2, 0.25) is 0 Å². The summed E-state index contributed by atoms with van der Waals surface area (Å²) in [6, 6.07) is 16.3. The lowest BCUT2D eigenvalue weighted by Gasteiger charge is -2.29. The van der Waals surface area contributed by atoms with E-state index in [1.165, 1.54) is 73.6 Å². The lowest BCUT2D eigenvalue weighted by molar-refractivity contribution is -0.107. The topological polar surface area (TPSA) is 12.5 Å². The fraction of sp³-hybridized carbons (Fsp3) is 0.571. The predicted octanol–water partition coefficient (Wildman–Crippen LogP) is 7.55. The third-order valence-electron chi connectivity index (χ3n) is 7.13. The summed E-state index contributed by atoms with van der Waals surface area (Å²) in [6.07, 6.45) is 12.2. The van der Waals surface area contributed by atoms with Gasteiger partial charge in [0.1, 0.15) is 0 Å². The first kappa shape index (κ1) is 23.0. The molecule has 0 amide bonds. The molecule has 0 saturated heterocycles. The van der Waals surface area contributed by atoms with Crippen LogP contribution in [0.15, 0.2) is 42.5 Å². The minimum absolute atomic E-state index is 0.767. The molecule has 0 radical (unpaired) electrons. The third kappa shape index (κ3) is 6.43. The second kappa shape index (κ2) is 11.7. The van der Waals surface area contributed by atoms with Gasteiger partial charge >= 0.3 is 0 Å². The summed E-state index contributed by atoms with van der Waals surface area (Å²) >= 11 is 0. The fourth-order valence-corrected chi connectivity index (χ4v) is 4.94. The summed E-state index contributed by atoms with van der Waals surface area (Å²) in [6.45, 7) is 5.43. The van der Waals surface area contributed by atoms with Crippen LogP contribution in [-0.4, -0.2) is 25.8 Å². The number of rotatable bonds is 10. The zero-order chi connectivity index (χ0) is 21.3. The molecule has 164 valence electrons. The standard InChI is InChI=1S/C28H41NO/c1-5-6-7-8-23-9-11-25(12-10-23)26-14-16-27(17-15-26)28-18-13-24(22(2)21-28)19-20-29(3)30-4/h13-18,21,23,25H,5-12,19-20H2,1-4H3. The molecule has 1 aliphatic rings. The smallest absolute Gasteiger partial charge is 0.0575 e. The van der Waals surface area contributed by atoms with Crippen LogP contribution in [0.4, 0.5) is 0 Å². The van der Waals surface area contributed by atoms with Crippen LogP contribution in [0.5, 0.6) is 0 Å². The van der Waals surface area contributed by atoms with Crippen molar-refractivity contribution in [2.45, 2.75) is 77.6 Å². The average Bonchev–Trinajstić information content (AvgIpc) is 2.79. The molecule has 30 heavy (non-hydrogen) atoms. The van der Waals surface area contributed by atoms with Crippen molar-refractivity contribution < 1.29 is 4.84 Å². The van der Waals surface area contributed by atoms with E-state index in [1.807, 2.05) is 12.1 Å². The van der Waals surface area contributed by atoms with Gasteiger partial charge in [-0.25, -0.2) is 0 Å². The van der Waals surface area contributed by atoms with Gasteiger partial charge in [-0.15, -0.1) is 0 Å². The van der Waals surface area contributed by atoms with Crippen molar-refractivity contribution in [3.8, 4) is 11.1 Å². The third-order valence-corrected chi connectivity index (χ3v) is 7.13. The molecule has 0 atom stereocenters. The van der Waals surface area contributed by atoms with Gasteiger partial charge in [0.25, 0.3) is 0 Å². The van der Waals surface area contributed by atoms with Gasteiger partial charge in [-0.2, -0.15) is 5.06 Å². The highest BCUT2D eigenvalue weighted by molar-refractivity contribution is 5.65. The van der Waals surface area contributed by atoms with Crippen LogP contribution in [0.3, 0.4) is 0 Å². The lowest BCUT2D eigenvalue weighted by atomic mass is 9.77. The number of unbranched alkanes of at least 4 members (excludes halogenated alkanes) is 2. The van der Waals surface area contributed by atoms with Gasteiger partial charge in [0.15, 0.2) is 0 Å². The van der Waals surface area contributed by atoms with Gasteiger partial charge in [0.05, 0.1) is 7.11 Å². The number of aryl methyl sites for hydroxylation is 1. The summed E-state index contributed by atoms with van der Waals surface area (Å²) in [5.41, 5.74) is 6.96. The van der Waals surface area contributed by atoms with Gasteiger partial charge in [-0.1, -0.05) is 75.1 Å². The highest BCUT2D eigenvalue weighted by Gasteiger charge is 2.22. The van der Waals surface area contributed by atoms with Crippen molar-refractivity contribution in [2.75, 3.05) is 20.7 Å². The molecule has 2 aromatic carbocycles. The second-order valence-electron chi connectivity index (χ2n) is 9.26. The SMILES string of the molecule is CCCCCC1CCC(c2ccc(-c3ccc(CCN(C)OC)c(C)c3)cc2)CC1. The molecule has 2 nitrogen and oxygen atoms in total. The molecule has 2 aromatic rings. The molecule has 2 heteroatoms. The molecule has 0 aromatic heterocycles. The number of hydroxylamine groups is 2. The Balaban J connectivity index is 1.56. The summed E-state index contributed by atoms with van der Waals surface area (Å²) in [5, 5.41) is 1.88. The van der Waals surface area contributed by atoms with Gasteiger partial charge in [-0.05, 0) is 78.7 Å². The Morgan fingerprint density at radius 1 is 0.933 bits per heavy atom. The van der Waals surface area contributed by atoms with Crippen LogP contribution in [0, 0.1) is 12.8 Å². The van der Waals surface area contributed by atoms with E-state index in [0.29, 0.717) is 0 Å². The quantitative estimate of drug-likeness (QED) is 0.298. The fourth-order valence-electron chi connectivity index (χ4n) is 4.94. The van der Waals surface area contributed by atoms with Crippen molar-refractivity contribution in [1.29, 1.82) is 0 Å². The van der Waals surface area contributed by atoms with Crippen molar-refractivity contribution in [2.24, 2.45) is 5.92 Å². The maximum Gasteiger partial charge on any atom is 0.0575 e. The predicted molar refractivity (Wildman–Crippen MR) is 129 cm³/mol. The van der Waals surface area contributed by atoms with E-state index in [9.17, 15) is 0 Å². The maximum atomic E-state index is 5.23. The number of benzene rings is 2. The molecule has 0 spiro atoms. The Kier molecular flexibility index (Phi) is 8.96. The van der Waals surface area contributed by atoms with Crippen LogP contribution < -0.4 is 0 Å². The molecular weight excluding hydrogens is 366 g/mol. The molecule has 1 aliphatic carbocycles. The molecule has 0 unspecified atom stereocenters. The minimum Gasteiger partial charge on any atom is -0.303 e. The van der Waals surface area contributed by atoms with E-state index in [2.05, 4.69) is 56.3 Å². The van der Waals surface area contributed by atoms with Crippen LogP contribution in [-0.2, 0) is 11.3 Å². The molecule has 3 rings (SSSR count). The van der Waals surface area contributed by atoms with Crippen LogP contribution in [0.1, 0.15) is 80.9 Å². The van der Waals surface area contributed by atoms with Crippen molar-refractivity contribution in [3.63, 3.8) is 0 Å². The van der Waals surface area contributed by atoms with Crippen LogP contribution in [0.25, 0.3) is 11.1 Å². The molecular formula is C28H41NO. The maximum absolute atomic E-state index is 5.23. The Hall–Kier alpha value is -1.64. The monoisotopic (exact) mass is 407 g/mol. The minimum atomic E-state index is 0.767. The Labute approximate surface area is 184 Å². The summed E-state index contributed by atoms with van der Waals surface area (Å²) < 4.78 is 0. The molecule has 1 fully saturated rings. The Bertz CT molecular complexity index is 759. The van der Waals surface area contributed by atoms with Gasteiger partial charge in [-0.3, -0.25) is 0 Å². The first-order valence-electron chi connectivity index (χ1n) is 12.1. The van der Waals surface area contributed by atoms with E-state index in [0.717, 1.165) is 24.8 Å². The number of hydrogen-bond donors (Lipinski definition) is 0. The van der Waals surface area contributed by atoms with E-state index < -0.39 is 0 Å². The van der Waals surface area contributed by atoms with E-state index in [4.69, 9.17) is 4.84 Å². The number of nitrogens with zero attached hydrogens (tertiary/aromatic N) is 1. The zero-order valence-electron chi connectivity index (χ0n) is 19.6. The molecule has 1 saturated carbocycles. The Morgan fingerprint density at radius 3 is 2.27 bits per heavy atom. The number of likely N-dealkylation sites (N-methyl/N-ethyl adjacent to an activating group) is 1. The normalized spacial score (nSPS) is 19.4. The van der Waals surface area contributed by atoms with Gasteiger partial charge in [0, 0.05) is 13.6 Å². The molecule has 0 N–H and O–H groups in total. The van der Waals surface area contributed by atoms with Crippen molar-refractivity contribution in [1.82, 2.24) is 5.06 Å². The van der Waals surface area contributed by atoms with E-state index in [1.54, 1.807) is 12.7 Å². The zero-order valence-corrected chi connectivity index (χ0v) is 19.6.